The van der Waals surface area contributed by atoms with Crippen molar-refractivity contribution in [1.82, 2.24) is 0 Å². The van der Waals surface area contributed by atoms with Gasteiger partial charge in [0.2, 0.25) is 0 Å². The number of benzene rings is 1. The van der Waals surface area contributed by atoms with Crippen LogP contribution in [-0.4, -0.2) is 11.9 Å². The van der Waals surface area contributed by atoms with Crippen molar-refractivity contribution in [2.75, 3.05) is 0 Å². The Bertz CT molecular complexity index is 366. The van der Waals surface area contributed by atoms with Crippen LogP contribution in [0.25, 0.3) is 0 Å². The highest BCUT2D eigenvalue weighted by atomic mass is 16.5. The van der Waals surface area contributed by atoms with Crippen molar-refractivity contribution in [3.05, 3.63) is 47.5 Å². The molecule has 0 radical (unpaired) electrons. The summed E-state index contributed by atoms with van der Waals surface area (Å²) in [6, 6.07) is 9.86. The number of allylic oxidation sites excluding steroid dienone is 1. The predicted molar refractivity (Wildman–Crippen MR) is 65.1 cm³/mol. The van der Waals surface area contributed by atoms with Crippen LogP contribution in [0.3, 0.4) is 0 Å². The first-order valence-corrected chi connectivity index (χ1v) is 5.44. The van der Waals surface area contributed by atoms with Crippen molar-refractivity contribution in [3.63, 3.8) is 0 Å². The van der Waals surface area contributed by atoms with E-state index in [0.29, 0.717) is 6.61 Å². The Hall–Kier alpha value is -1.41. The minimum absolute atomic E-state index is 0.0477. The fraction of sp³-hybridized carbons (Fsp3) is 0.357. The van der Waals surface area contributed by atoms with Gasteiger partial charge in [0.15, 0.2) is 5.78 Å². The number of rotatable bonds is 5. The summed E-state index contributed by atoms with van der Waals surface area (Å²) >= 11 is 0. The third-order valence-electron chi connectivity index (χ3n) is 2.50. The molecule has 0 amide bonds. The van der Waals surface area contributed by atoms with E-state index in [0.717, 1.165) is 11.1 Å². The van der Waals surface area contributed by atoms with Gasteiger partial charge in [0.1, 0.15) is 6.10 Å². The quantitative estimate of drug-likeness (QED) is 0.710. The molecule has 1 unspecified atom stereocenters. The molecule has 0 aromatic heterocycles. The lowest BCUT2D eigenvalue weighted by Gasteiger charge is -2.15. The normalized spacial score (nSPS) is 13.6. The Morgan fingerprint density at radius 1 is 1.31 bits per heavy atom. The van der Waals surface area contributed by atoms with Crippen molar-refractivity contribution < 1.29 is 9.53 Å². The van der Waals surface area contributed by atoms with Gasteiger partial charge < -0.3 is 4.74 Å². The molecule has 0 aliphatic heterocycles. The van der Waals surface area contributed by atoms with Crippen molar-refractivity contribution in [2.45, 2.75) is 33.5 Å². The second kappa shape index (κ2) is 6.23. The Labute approximate surface area is 96.9 Å². The molecule has 86 valence electrons. The molecule has 0 bridgehead atoms. The van der Waals surface area contributed by atoms with Gasteiger partial charge >= 0.3 is 0 Å². The fourth-order valence-corrected chi connectivity index (χ4v) is 1.47. The average molecular weight is 218 g/mol. The summed E-state index contributed by atoms with van der Waals surface area (Å²) in [5.41, 5.74) is 2.04. The molecule has 1 atom stereocenters. The molecule has 0 spiro atoms. The number of ether oxygens (including phenoxy) is 1. The van der Waals surface area contributed by atoms with E-state index in [9.17, 15) is 4.79 Å². The van der Waals surface area contributed by atoms with E-state index in [-0.39, 0.29) is 5.78 Å². The lowest BCUT2D eigenvalue weighted by molar-refractivity contribution is -0.126. The van der Waals surface area contributed by atoms with Gasteiger partial charge in [-0.3, -0.25) is 4.79 Å². The molecule has 1 aromatic carbocycles. The molecule has 2 nitrogen and oxygen atoms in total. The van der Waals surface area contributed by atoms with Crippen LogP contribution in [0.4, 0.5) is 0 Å². The van der Waals surface area contributed by atoms with Gasteiger partial charge in [0.25, 0.3) is 0 Å². The van der Waals surface area contributed by atoms with E-state index in [1.54, 1.807) is 6.92 Å². The summed E-state index contributed by atoms with van der Waals surface area (Å²) in [4.78, 5) is 11.4. The summed E-state index contributed by atoms with van der Waals surface area (Å²) in [5.74, 6) is 0.0477. The minimum atomic E-state index is -0.412. The Balaban J connectivity index is 2.61. The van der Waals surface area contributed by atoms with Gasteiger partial charge in [-0.2, -0.15) is 0 Å². The lowest BCUT2D eigenvalue weighted by atomic mass is 10.1. The first kappa shape index (κ1) is 12.7. The van der Waals surface area contributed by atoms with Crippen LogP contribution >= 0.6 is 0 Å². The zero-order valence-corrected chi connectivity index (χ0v) is 10.1. The smallest absolute Gasteiger partial charge is 0.162 e. The Morgan fingerprint density at radius 2 is 1.94 bits per heavy atom. The van der Waals surface area contributed by atoms with Gasteiger partial charge in [0.05, 0.1) is 6.61 Å². The Kier molecular flexibility index (Phi) is 4.93. The second-order valence-corrected chi connectivity index (χ2v) is 3.82. The maximum absolute atomic E-state index is 11.4. The highest BCUT2D eigenvalue weighted by Crippen LogP contribution is 2.11. The molecule has 0 N–H and O–H groups in total. The van der Waals surface area contributed by atoms with Gasteiger partial charge in [0, 0.05) is 0 Å². The van der Waals surface area contributed by atoms with E-state index >= 15 is 0 Å². The summed E-state index contributed by atoms with van der Waals surface area (Å²) in [6.45, 7) is 5.85. The van der Waals surface area contributed by atoms with E-state index in [1.165, 1.54) is 0 Å². The molecular weight excluding hydrogens is 200 g/mol. The summed E-state index contributed by atoms with van der Waals surface area (Å²) < 4.78 is 5.62. The molecule has 1 aromatic rings. The summed E-state index contributed by atoms with van der Waals surface area (Å²) in [7, 11) is 0. The van der Waals surface area contributed by atoms with E-state index < -0.39 is 6.10 Å². The van der Waals surface area contributed by atoms with Crippen molar-refractivity contribution in [3.8, 4) is 0 Å². The monoisotopic (exact) mass is 218 g/mol. The summed E-state index contributed by atoms with van der Waals surface area (Å²) in [6.07, 6.45) is 1.50. The van der Waals surface area contributed by atoms with Crippen LogP contribution in [0.5, 0.6) is 0 Å². The average Bonchev–Trinajstić information content (AvgIpc) is 2.30. The van der Waals surface area contributed by atoms with Crippen molar-refractivity contribution in [2.24, 2.45) is 0 Å². The standard InChI is InChI=1S/C14H18O2/c1-4-11(2)14(12(3)15)16-10-13-8-6-5-7-9-13/h4-9,14H,10H2,1-3H3/b11-4+. The molecule has 0 heterocycles. The highest BCUT2D eigenvalue weighted by molar-refractivity contribution is 5.83. The topological polar surface area (TPSA) is 26.3 Å². The SMILES string of the molecule is C/C=C(\C)C(OCc1ccccc1)C(C)=O. The van der Waals surface area contributed by atoms with Gasteiger partial charge in [-0.1, -0.05) is 36.4 Å². The van der Waals surface area contributed by atoms with Crippen molar-refractivity contribution in [1.29, 1.82) is 0 Å². The number of carbonyl (C=O) groups is 1. The van der Waals surface area contributed by atoms with Crippen LogP contribution < -0.4 is 0 Å². The third-order valence-corrected chi connectivity index (χ3v) is 2.50. The molecule has 0 saturated heterocycles. The number of carbonyl (C=O) groups excluding carboxylic acids is 1. The molecule has 0 aliphatic carbocycles. The van der Waals surface area contributed by atoms with Gasteiger partial charge in [-0.15, -0.1) is 0 Å². The summed E-state index contributed by atoms with van der Waals surface area (Å²) in [5, 5.41) is 0. The third kappa shape index (κ3) is 3.63. The van der Waals surface area contributed by atoms with E-state index in [4.69, 9.17) is 4.74 Å². The largest absolute Gasteiger partial charge is 0.361 e. The van der Waals surface area contributed by atoms with Crippen LogP contribution in [0.1, 0.15) is 26.3 Å². The first-order valence-electron chi connectivity index (χ1n) is 5.44. The van der Waals surface area contributed by atoms with Gasteiger partial charge in [-0.05, 0) is 31.9 Å². The number of hydrogen-bond donors (Lipinski definition) is 0. The fourth-order valence-electron chi connectivity index (χ4n) is 1.47. The van der Waals surface area contributed by atoms with Gasteiger partial charge in [-0.25, -0.2) is 0 Å². The molecule has 0 fully saturated rings. The minimum Gasteiger partial charge on any atom is -0.361 e. The number of hydrogen-bond acceptors (Lipinski definition) is 2. The molecule has 0 saturated carbocycles. The maximum atomic E-state index is 11.4. The zero-order valence-electron chi connectivity index (χ0n) is 10.1. The predicted octanol–water partition coefficient (Wildman–Crippen LogP) is 3.13. The number of Topliss-reactive ketones (excluding diaryl/α,β-unsaturated/α-hetero) is 1. The molecule has 16 heavy (non-hydrogen) atoms. The molecule has 0 aliphatic rings. The van der Waals surface area contributed by atoms with Crippen LogP contribution in [-0.2, 0) is 16.1 Å². The molecule has 2 heteroatoms. The maximum Gasteiger partial charge on any atom is 0.162 e. The number of ketones is 1. The van der Waals surface area contributed by atoms with Crippen LogP contribution in [0.2, 0.25) is 0 Å². The second-order valence-electron chi connectivity index (χ2n) is 3.82. The van der Waals surface area contributed by atoms with Crippen LogP contribution in [0.15, 0.2) is 42.0 Å². The Morgan fingerprint density at radius 3 is 2.44 bits per heavy atom. The highest BCUT2D eigenvalue weighted by Gasteiger charge is 2.15. The van der Waals surface area contributed by atoms with E-state index in [2.05, 4.69) is 0 Å². The molecule has 1 rings (SSSR count). The first-order chi connectivity index (χ1) is 7.65. The lowest BCUT2D eigenvalue weighted by Crippen LogP contribution is -2.22. The van der Waals surface area contributed by atoms with Crippen molar-refractivity contribution >= 4 is 5.78 Å². The van der Waals surface area contributed by atoms with E-state index in [1.807, 2.05) is 50.3 Å². The molecular formula is C14H18O2. The van der Waals surface area contributed by atoms with Crippen LogP contribution in [0, 0.1) is 0 Å². The zero-order chi connectivity index (χ0) is 12.0.